The Labute approximate surface area is 165 Å². The molecule has 0 unspecified atom stereocenters. The first kappa shape index (κ1) is 23.3. The molecule has 0 aliphatic heterocycles. The first-order valence-electron chi connectivity index (χ1n) is 9.31. The Balaban J connectivity index is 2.30. The third-order valence-corrected chi connectivity index (χ3v) is 3.60. The van der Waals surface area contributed by atoms with Crippen LogP contribution in [0.15, 0.2) is 30.3 Å². The molecule has 0 radical (unpaired) electrons. The van der Waals surface area contributed by atoms with Gasteiger partial charge in [-0.1, -0.05) is 30.3 Å². The lowest BCUT2D eigenvalue weighted by molar-refractivity contribution is -0.137. The number of alkyl carbamates (subject to hydrolysis) is 2. The lowest BCUT2D eigenvalue weighted by atomic mass is 10.1. The zero-order valence-electron chi connectivity index (χ0n) is 16.7. The fourth-order valence-corrected chi connectivity index (χ4v) is 2.39. The predicted molar refractivity (Wildman–Crippen MR) is 104 cm³/mol. The number of carboxylic acids is 1. The molecule has 1 atom stereocenters. The van der Waals surface area contributed by atoms with Crippen molar-refractivity contribution < 1.29 is 29.0 Å². The fourth-order valence-electron chi connectivity index (χ4n) is 2.39. The van der Waals surface area contributed by atoms with Crippen LogP contribution in [0.1, 0.15) is 52.0 Å². The number of amides is 2. The van der Waals surface area contributed by atoms with Crippen LogP contribution in [0.25, 0.3) is 0 Å². The van der Waals surface area contributed by atoms with Gasteiger partial charge in [-0.2, -0.15) is 0 Å². The van der Waals surface area contributed by atoms with Gasteiger partial charge in [0.15, 0.2) is 0 Å². The van der Waals surface area contributed by atoms with Crippen LogP contribution in [0.4, 0.5) is 9.59 Å². The quantitative estimate of drug-likeness (QED) is 0.524. The molecule has 1 aromatic rings. The third kappa shape index (κ3) is 11.8. The smallest absolute Gasteiger partial charge is 0.407 e. The van der Waals surface area contributed by atoms with E-state index in [2.05, 4.69) is 10.6 Å². The van der Waals surface area contributed by atoms with Crippen molar-refractivity contribution in [1.29, 1.82) is 0 Å². The van der Waals surface area contributed by atoms with Gasteiger partial charge >= 0.3 is 18.2 Å². The molecule has 0 bridgehead atoms. The molecule has 8 heteroatoms. The Bertz CT molecular complexity index is 627. The molecule has 3 N–H and O–H groups in total. The van der Waals surface area contributed by atoms with E-state index in [4.69, 9.17) is 14.6 Å². The summed E-state index contributed by atoms with van der Waals surface area (Å²) < 4.78 is 10.3. The summed E-state index contributed by atoms with van der Waals surface area (Å²) in [6.45, 7) is 5.88. The number of aliphatic carboxylic acids is 1. The van der Waals surface area contributed by atoms with Crippen LogP contribution in [0.3, 0.4) is 0 Å². The maximum atomic E-state index is 11.9. The van der Waals surface area contributed by atoms with Gasteiger partial charge in [0.1, 0.15) is 12.2 Å². The fraction of sp³-hybridized carbons (Fsp3) is 0.550. The lowest BCUT2D eigenvalue weighted by Gasteiger charge is -2.20. The van der Waals surface area contributed by atoms with Crippen molar-refractivity contribution in [2.75, 3.05) is 6.54 Å². The minimum atomic E-state index is -1.000. The molecule has 0 aromatic heterocycles. The highest BCUT2D eigenvalue weighted by Gasteiger charge is 2.17. The van der Waals surface area contributed by atoms with Crippen LogP contribution < -0.4 is 10.6 Å². The molecule has 0 aliphatic carbocycles. The van der Waals surface area contributed by atoms with Crippen molar-refractivity contribution in [2.45, 2.75) is 64.7 Å². The second-order valence-electron chi connectivity index (χ2n) is 7.43. The summed E-state index contributed by atoms with van der Waals surface area (Å²) in [5.41, 5.74) is 0.293. The van der Waals surface area contributed by atoms with Gasteiger partial charge in [-0.25, -0.2) is 9.59 Å². The van der Waals surface area contributed by atoms with Gasteiger partial charge in [-0.15, -0.1) is 0 Å². The van der Waals surface area contributed by atoms with E-state index in [1.165, 1.54) is 0 Å². The topological polar surface area (TPSA) is 114 Å². The number of ether oxygens (including phenoxy) is 2. The molecule has 0 saturated carbocycles. The van der Waals surface area contributed by atoms with Gasteiger partial charge in [0.05, 0.1) is 6.42 Å². The van der Waals surface area contributed by atoms with Gasteiger partial charge in [0.25, 0.3) is 0 Å². The lowest BCUT2D eigenvalue weighted by Crippen LogP contribution is -2.37. The highest BCUT2D eigenvalue weighted by molar-refractivity contribution is 5.71. The van der Waals surface area contributed by atoms with E-state index >= 15 is 0 Å². The second kappa shape index (κ2) is 11.8. The molecule has 0 fully saturated rings. The van der Waals surface area contributed by atoms with Crippen molar-refractivity contribution in [1.82, 2.24) is 10.6 Å². The molecule has 0 heterocycles. The van der Waals surface area contributed by atoms with Crippen LogP contribution in [0.2, 0.25) is 0 Å². The van der Waals surface area contributed by atoms with Crippen molar-refractivity contribution >= 4 is 18.2 Å². The molecule has 2 amide bonds. The Morgan fingerprint density at radius 2 is 1.75 bits per heavy atom. The van der Waals surface area contributed by atoms with Gasteiger partial charge in [0, 0.05) is 12.6 Å². The summed E-state index contributed by atoms with van der Waals surface area (Å²) >= 11 is 0. The van der Waals surface area contributed by atoms with Gasteiger partial charge < -0.3 is 25.2 Å². The highest BCUT2D eigenvalue weighted by atomic mass is 16.6. The summed E-state index contributed by atoms with van der Waals surface area (Å²) in [6, 6.07) is 8.68. The molecule has 0 aliphatic rings. The number of hydrogen-bond donors (Lipinski definition) is 3. The van der Waals surface area contributed by atoms with Crippen LogP contribution in [0, 0.1) is 0 Å². The second-order valence-corrected chi connectivity index (χ2v) is 7.43. The summed E-state index contributed by atoms with van der Waals surface area (Å²) in [7, 11) is 0. The zero-order chi connectivity index (χ0) is 21.0. The Kier molecular flexibility index (Phi) is 9.84. The number of nitrogens with one attached hydrogen (secondary N) is 2. The number of carbonyl (C=O) groups excluding carboxylic acids is 2. The van der Waals surface area contributed by atoms with Crippen LogP contribution >= 0.6 is 0 Å². The minimum absolute atomic E-state index is 0.117. The molecule has 0 saturated heterocycles. The third-order valence-electron chi connectivity index (χ3n) is 3.60. The van der Waals surface area contributed by atoms with E-state index in [0.29, 0.717) is 25.8 Å². The maximum Gasteiger partial charge on any atom is 0.407 e. The number of carboxylic acid groups (broad SMARTS) is 1. The van der Waals surface area contributed by atoms with Crippen molar-refractivity contribution in [3.05, 3.63) is 35.9 Å². The van der Waals surface area contributed by atoms with Crippen molar-refractivity contribution in [3.8, 4) is 0 Å². The molecule has 1 aromatic carbocycles. The number of carbonyl (C=O) groups is 3. The first-order chi connectivity index (χ1) is 13.2. The summed E-state index contributed by atoms with van der Waals surface area (Å²) in [5.74, 6) is -1.000. The van der Waals surface area contributed by atoms with Gasteiger partial charge in [0.2, 0.25) is 0 Å². The van der Waals surface area contributed by atoms with Gasteiger partial charge in [-0.3, -0.25) is 4.79 Å². The first-order valence-corrected chi connectivity index (χ1v) is 9.31. The molecule has 8 nitrogen and oxygen atoms in total. The highest BCUT2D eigenvalue weighted by Crippen LogP contribution is 2.08. The van der Waals surface area contributed by atoms with E-state index in [1.807, 2.05) is 30.3 Å². The summed E-state index contributed by atoms with van der Waals surface area (Å²) in [4.78, 5) is 34.5. The minimum Gasteiger partial charge on any atom is -0.481 e. The predicted octanol–water partition coefficient (Wildman–Crippen LogP) is 3.45. The average molecular weight is 394 g/mol. The normalized spacial score (nSPS) is 12.0. The zero-order valence-corrected chi connectivity index (χ0v) is 16.7. The van der Waals surface area contributed by atoms with Crippen molar-refractivity contribution in [2.24, 2.45) is 0 Å². The number of hydrogen-bond acceptors (Lipinski definition) is 5. The van der Waals surface area contributed by atoms with E-state index in [1.54, 1.807) is 20.8 Å². The summed E-state index contributed by atoms with van der Waals surface area (Å²) in [6.07, 6.45) is 0.394. The summed E-state index contributed by atoms with van der Waals surface area (Å²) in [5, 5.41) is 14.3. The molecular formula is C20H30N2O6. The van der Waals surface area contributed by atoms with E-state index in [0.717, 1.165) is 5.56 Å². The monoisotopic (exact) mass is 394 g/mol. The molecule has 1 rings (SSSR count). The number of rotatable bonds is 10. The molecule has 0 spiro atoms. The molecular weight excluding hydrogens is 364 g/mol. The standard InChI is InChI=1S/C20H30N2O6/c1-20(2,3)28-18(25)21-12-8-7-11-16(13-17(23)24)22-19(26)27-14-15-9-5-4-6-10-15/h4-6,9-10,16H,7-8,11-14H2,1-3H3,(H,21,25)(H,22,26)(H,23,24)/t16-/m1/s1. The molecule has 156 valence electrons. The SMILES string of the molecule is CC(C)(C)OC(=O)NCCCC[C@H](CC(=O)O)NC(=O)OCc1ccccc1. The van der Waals surface area contributed by atoms with Crippen LogP contribution in [0.5, 0.6) is 0 Å². The Morgan fingerprint density at radius 3 is 2.36 bits per heavy atom. The maximum absolute atomic E-state index is 11.9. The average Bonchev–Trinajstić information content (AvgIpc) is 2.58. The Hall–Kier alpha value is -2.77. The number of benzene rings is 1. The van der Waals surface area contributed by atoms with Crippen LogP contribution in [-0.4, -0.2) is 41.4 Å². The molecule has 28 heavy (non-hydrogen) atoms. The number of unbranched alkanes of at least 4 members (excludes halogenated alkanes) is 1. The van der Waals surface area contributed by atoms with Crippen molar-refractivity contribution in [3.63, 3.8) is 0 Å². The van der Waals surface area contributed by atoms with Crippen LogP contribution in [-0.2, 0) is 20.9 Å². The largest absolute Gasteiger partial charge is 0.481 e. The van der Waals surface area contributed by atoms with Gasteiger partial charge in [-0.05, 0) is 45.6 Å². The Morgan fingerprint density at radius 1 is 1.07 bits per heavy atom. The van der Waals surface area contributed by atoms with E-state index in [-0.39, 0.29) is 13.0 Å². The van der Waals surface area contributed by atoms with E-state index in [9.17, 15) is 14.4 Å². The van der Waals surface area contributed by atoms with E-state index < -0.39 is 29.8 Å².